The Kier molecular flexibility index (Phi) is 7.79. The maximum atomic E-state index is 13.2. The number of anilines is 2. The van der Waals surface area contributed by atoms with E-state index in [0.29, 0.717) is 43.9 Å². The largest absolute Gasteiger partial charge is 0.461 e. The number of hydrogen-bond donors (Lipinski definition) is 2. The Labute approximate surface area is 206 Å². The second-order valence-corrected chi connectivity index (χ2v) is 8.88. The molecule has 0 spiro atoms. The van der Waals surface area contributed by atoms with Gasteiger partial charge in [-0.3, -0.25) is 9.59 Å². The van der Waals surface area contributed by atoms with E-state index in [-0.39, 0.29) is 30.3 Å². The first-order valence-corrected chi connectivity index (χ1v) is 11.7. The van der Waals surface area contributed by atoms with Crippen molar-refractivity contribution in [3.8, 4) is 0 Å². The highest BCUT2D eigenvalue weighted by atomic mass is 19.4. The molecule has 1 saturated heterocycles. The molecule has 1 unspecified atom stereocenters. The number of furan rings is 1. The summed E-state index contributed by atoms with van der Waals surface area (Å²) in [6.07, 6.45) is -1.08. The molecule has 1 atom stereocenters. The highest BCUT2D eigenvalue weighted by Crippen LogP contribution is 2.36. The normalized spacial score (nSPS) is 17.6. The number of para-hydroxylation sites is 1. The second kappa shape index (κ2) is 11.0. The molecule has 4 rings (SSSR count). The maximum absolute atomic E-state index is 13.2. The van der Waals surface area contributed by atoms with Crippen LogP contribution in [0.5, 0.6) is 0 Å². The standard InChI is InChI=1S/C27H27F3N2O4/c28-27(29,30)21-5-1-2-6-22(21)32-20-11-9-19(10-12-20)17-31-25(34)26(14-16-35-18-26)13-3-7-23(33)24-8-4-15-36-24/h1-2,4-6,8-12,15,32H,3,7,13-14,16-18H2,(H,31,34). The summed E-state index contributed by atoms with van der Waals surface area (Å²) < 4.78 is 50.3. The number of nitrogens with one attached hydrogen (secondary N) is 2. The fourth-order valence-corrected chi connectivity index (χ4v) is 4.32. The predicted molar refractivity (Wildman–Crippen MR) is 128 cm³/mol. The maximum Gasteiger partial charge on any atom is 0.418 e. The van der Waals surface area contributed by atoms with Crippen molar-refractivity contribution in [2.45, 2.75) is 38.4 Å². The third-order valence-electron chi connectivity index (χ3n) is 6.36. The topological polar surface area (TPSA) is 80.6 Å². The second-order valence-electron chi connectivity index (χ2n) is 8.88. The van der Waals surface area contributed by atoms with Gasteiger partial charge in [-0.1, -0.05) is 24.3 Å². The first-order valence-electron chi connectivity index (χ1n) is 11.7. The van der Waals surface area contributed by atoms with E-state index in [1.807, 2.05) is 0 Å². The van der Waals surface area contributed by atoms with Crippen LogP contribution in [0.25, 0.3) is 0 Å². The molecule has 2 aromatic carbocycles. The van der Waals surface area contributed by atoms with Gasteiger partial charge < -0.3 is 19.8 Å². The van der Waals surface area contributed by atoms with Crippen LogP contribution in [0.4, 0.5) is 24.5 Å². The van der Waals surface area contributed by atoms with Crippen LogP contribution in [-0.4, -0.2) is 24.9 Å². The van der Waals surface area contributed by atoms with Crippen molar-refractivity contribution >= 4 is 23.1 Å². The minimum Gasteiger partial charge on any atom is -0.461 e. The van der Waals surface area contributed by atoms with Crippen LogP contribution in [-0.2, 0) is 22.3 Å². The smallest absolute Gasteiger partial charge is 0.418 e. The number of ether oxygens (including phenoxy) is 1. The lowest BCUT2D eigenvalue weighted by atomic mass is 9.80. The molecule has 1 aliphatic heterocycles. The van der Waals surface area contributed by atoms with Crippen LogP contribution in [0.1, 0.15) is 47.4 Å². The average molecular weight is 501 g/mol. The van der Waals surface area contributed by atoms with Crippen molar-refractivity contribution in [1.82, 2.24) is 5.32 Å². The summed E-state index contributed by atoms with van der Waals surface area (Å²) in [6, 6.07) is 15.4. The quantitative estimate of drug-likeness (QED) is 0.328. The van der Waals surface area contributed by atoms with E-state index in [2.05, 4.69) is 10.6 Å². The zero-order chi connectivity index (χ0) is 25.6. The van der Waals surface area contributed by atoms with Crippen LogP contribution in [0.3, 0.4) is 0 Å². The summed E-state index contributed by atoms with van der Waals surface area (Å²) in [5, 5.41) is 5.76. The number of amides is 1. The number of Topliss-reactive ketones (excluding diaryl/α,β-unsaturated/α-hetero) is 1. The molecule has 0 aliphatic carbocycles. The number of hydrogen-bond acceptors (Lipinski definition) is 5. The van der Waals surface area contributed by atoms with E-state index in [4.69, 9.17) is 9.15 Å². The molecule has 0 bridgehead atoms. The minimum atomic E-state index is -4.46. The zero-order valence-corrected chi connectivity index (χ0v) is 19.6. The van der Waals surface area contributed by atoms with Gasteiger partial charge in [-0.25, -0.2) is 0 Å². The molecule has 1 aliphatic rings. The van der Waals surface area contributed by atoms with Crippen LogP contribution in [0.2, 0.25) is 0 Å². The van der Waals surface area contributed by atoms with E-state index in [9.17, 15) is 22.8 Å². The number of halogens is 3. The van der Waals surface area contributed by atoms with Crippen LogP contribution in [0, 0.1) is 5.41 Å². The lowest BCUT2D eigenvalue weighted by Crippen LogP contribution is -2.41. The van der Waals surface area contributed by atoms with E-state index < -0.39 is 17.2 Å². The van der Waals surface area contributed by atoms with Crippen LogP contribution < -0.4 is 10.6 Å². The summed E-state index contributed by atoms with van der Waals surface area (Å²) in [7, 11) is 0. The third-order valence-corrected chi connectivity index (χ3v) is 6.36. The van der Waals surface area contributed by atoms with Gasteiger partial charge in [-0.2, -0.15) is 13.2 Å². The van der Waals surface area contributed by atoms with E-state index in [1.165, 1.54) is 24.5 Å². The molecule has 2 heterocycles. The van der Waals surface area contributed by atoms with Crippen LogP contribution >= 0.6 is 0 Å². The number of alkyl halides is 3. The van der Waals surface area contributed by atoms with Gasteiger partial charge in [-0.15, -0.1) is 0 Å². The molecule has 1 amide bonds. The molecule has 0 radical (unpaired) electrons. The summed E-state index contributed by atoms with van der Waals surface area (Å²) in [4.78, 5) is 25.3. The number of ketones is 1. The summed E-state index contributed by atoms with van der Waals surface area (Å²) in [5.74, 6) is 0.0868. The number of benzene rings is 2. The molecule has 1 aromatic heterocycles. The van der Waals surface area contributed by atoms with E-state index >= 15 is 0 Å². The molecule has 6 nitrogen and oxygen atoms in total. The van der Waals surface area contributed by atoms with E-state index in [0.717, 1.165) is 11.6 Å². The van der Waals surface area contributed by atoms with Gasteiger partial charge in [0.05, 0.1) is 29.5 Å². The van der Waals surface area contributed by atoms with Crippen LogP contribution in [0.15, 0.2) is 71.3 Å². The molecule has 0 saturated carbocycles. The first kappa shape index (κ1) is 25.5. The Morgan fingerprint density at radius 2 is 1.78 bits per heavy atom. The molecule has 36 heavy (non-hydrogen) atoms. The van der Waals surface area contributed by atoms with E-state index in [1.54, 1.807) is 36.4 Å². The molecule has 2 N–H and O–H groups in total. The van der Waals surface area contributed by atoms with Crippen molar-refractivity contribution in [2.24, 2.45) is 5.41 Å². The highest BCUT2D eigenvalue weighted by Gasteiger charge is 2.41. The number of carbonyl (C=O) groups is 2. The van der Waals surface area contributed by atoms with Gasteiger partial charge in [0.1, 0.15) is 0 Å². The molecular formula is C27H27F3N2O4. The molecule has 9 heteroatoms. The number of carbonyl (C=O) groups excluding carboxylic acids is 2. The predicted octanol–water partition coefficient (Wildman–Crippen LogP) is 6.12. The highest BCUT2D eigenvalue weighted by molar-refractivity contribution is 5.93. The lowest BCUT2D eigenvalue weighted by molar-refractivity contribution is -0.137. The first-order chi connectivity index (χ1) is 17.3. The van der Waals surface area contributed by atoms with Crippen molar-refractivity contribution in [1.29, 1.82) is 0 Å². The Balaban J connectivity index is 1.32. The molecular weight excluding hydrogens is 473 g/mol. The Bertz CT molecular complexity index is 1170. The third kappa shape index (κ3) is 6.15. The van der Waals surface area contributed by atoms with Gasteiger partial charge in [0.25, 0.3) is 0 Å². The average Bonchev–Trinajstić information content (AvgIpc) is 3.56. The molecule has 3 aromatic rings. The number of rotatable bonds is 10. The Morgan fingerprint density at radius 3 is 2.44 bits per heavy atom. The van der Waals surface area contributed by atoms with Crippen molar-refractivity contribution in [3.63, 3.8) is 0 Å². The monoisotopic (exact) mass is 500 g/mol. The van der Waals surface area contributed by atoms with Gasteiger partial charge in [-0.05, 0) is 61.2 Å². The zero-order valence-electron chi connectivity index (χ0n) is 19.6. The fourth-order valence-electron chi connectivity index (χ4n) is 4.32. The van der Waals surface area contributed by atoms with Gasteiger partial charge >= 0.3 is 6.18 Å². The summed E-state index contributed by atoms with van der Waals surface area (Å²) >= 11 is 0. The van der Waals surface area contributed by atoms with Crippen molar-refractivity contribution < 1.29 is 31.9 Å². The SMILES string of the molecule is O=C(CCCC1(C(=O)NCc2ccc(Nc3ccccc3C(F)(F)F)cc2)CCOC1)c1ccco1. The van der Waals surface area contributed by atoms with Gasteiger partial charge in [0.2, 0.25) is 5.91 Å². The minimum absolute atomic E-state index is 0.0280. The molecule has 190 valence electrons. The Morgan fingerprint density at radius 1 is 1.00 bits per heavy atom. The fraction of sp³-hybridized carbons (Fsp3) is 0.333. The Hall–Kier alpha value is -3.59. The summed E-state index contributed by atoms with van der Waals surface area (Å²) in [6.45, 7) is 1.06. The van der Waals surface area contributed by atoms with Gasteiger partial charge in [0, 0.05) is 25.3 Å². The van der Waals surface area contributed by atoms with Crippen molar-refractivity contribution in [2.75, 3.05) is 18.5 Å². The van der Waals surface area contributed by atoms with Crippen molar-refractivity contribution in [3.05, 3.63) is 83.8 Å². The summed E-state index contributed by atoms with van der Waals surface area (Å²) in [5.41, 5.74) is -0.147. The lowest BCUT2D eigenvalue weighted by Gasteiger charge is -2.26. The van der Waals surface area contributed by atoms with Gasteiger partial charge in [0.15, 0.2) is 11.5 Å². The molecule has 1 fully saturated rings.